The number of amides is 1. The Kier molecular flexibility index (Phi) is 4.34. The number of aromatic nitrogens is 2. The Hall–Kier alpha value is -2.50. The molecule has 5 nitrogen and oxygen atoms in total. The molecule has 0 radical (unpaired) electrons. The summed E-state index contributed by atoms with van der Waals surface area (Å²) >= 11 is 6.25. The molecule has 0 aliphatic carbocycles. The monoisotopic (exact) mass is 353 g/mol. The van der Waals surface area contributed by atoms with Gasteiger partial charge in [0.15, 0.2) is 0 Å². The summed E-state index contributed by atoms with van der Waals surface area (Å²) in [6.45, 7) is 2.38. The Morgan fingerprint density at radius 3 is 2.60 bits per heavy atom. The molecule has 1 aliphatic rings. The van der Waals surface area contributed by atoms with Gasteiger partial charge in [0.2, 0.25) is 0 Å². The lowest BCUT2D eigenvalue weighted by Gasteiger charge is -2.26. The average Bonchev–Trinajstić information content (AvgIpc) is 2.68. The Bertz CT molecular complexity index is 922. The van der Waals surface area contributed by atoms with Gasteiger partial charge in [-0.05, 0) is 29.8 Å². The van der Waals surface area contributed by atoms with Crippen LogP contribution < -0.4 is 0 Å². The first-order valence-electron chi connectivity index (χ1n) is 8.10. The van der Waals surface area contributed by atoms with Crippen LogP contribution in [0, 0.1) is 0 Å². The van der Waals surface area contributed by atoms with Crippen LogP contribution in [0.3, 0.4) is 0 Å². The summed E-state index contributed by atoms with van der Waals surface area (Å²) in [6, 6.07) is 11.4. The van der Waals surface area contributed by atoms with Crippen LogP contribution >= 0.6 is 11.6 Å². The van der Waals surface area contributed by atoms with Gasteiger partial charge in [0.05, 0.1) is 23.8 Å². The molecule has 0 bridgehead atoms. The molecular formula is C19H16ClN3O2. The summed E-state index contributed by atoms with van der Waals surface area (Å²) in [6.07, 6.45) is 3.41. The van der Waals surface area contributed by atoms with E-state index in [1.165, 1.54) is 0 Å². The number of morpholine rings is 1. The zero-order chi connectivity index (χ0) is 17.2. The van der Waals surface area contributed by atoms with Gasteiger partial charge in [0.1, 0.15) is 5.69 Å². The molecule has 1 aliphatic heterocycles. The van der Waals surface area contributed by atoms with Gasteiger partial charge in [-0.15, -0.1) is 0 Å². The molecular weight excluding hydrogens is 338 g/mol. The van der Waals surface area contributed by atoms with E-state index in [4.69, 9.17) is 16.3 Å². The molecule has 25 heavy (non-hydrogen) atoms. The van der Waals surface area contributed by atoms with Crippen molar-refractivity contribution >= 4 is 28.4 Å². The number of nitrogens with zero attached hydrogens (tertiary/aromatic N) is 3. The van der Waals surface area contributed by atoms with Gasteiger partial charge in [-0.25, -0.2) is 0 Å². The third kappa shape index (κ3) is 3.21. The summed E-state index contributed by atoms with van der Waals surface area (Å²) < 4.78 is 5.28. The minimum Gasteiger partial charge on any atom is -0.378 e. The molecule has 1 aromatic carbocycles. The van der Waals surface area contributed by atoms with Crippen LogP contribution in [-0.4, -0.2) is 47.1 Å². The Balaban J connectivity index is 1.61. The van der Waals surface area contributed by atoms with Crippen molar-refractivity contribution in [1.29, 1.82) is 0 Å². The van der Waals surface area contributed by atoms with Gasteiger partial charge in [-0.3, -0.25) is 14.8 Å². The Labute approximate surface area is 150 Å². The topological polar surface area (TPSA) is 55.3 Å². The van der Waals surface area contributed by atoms with Gasteiger partial charge < -0.3 is 9.64 Å². The van der Waals surface area contributed by atoms with Crippen LogP contribution in [0.1, 0.15) is 10.5 Å². The molecule has 6 heteroatoms. The predicted octanol–water partition coefficient (Wildman–Crippen LogP) is 3.42. The standard InChI is InChI=1S/C19H16ClN3O2/c20-16-5-6-21-17-3-1-13(11-15(16)17)14-2-4-18(22-12-14)19(24)23-7-9-25-10-8-23/h1-6,11-12H,7-10H2. The van der Waals surface area contributed by atoms with E-state index in [1.807, 2.05) is 24.3 Å². The number of hydrogen-bond acceptors (Lipinski definition) is 4. The average molecular weight is 354 g/mol. The quantitative estimate of drug-likeness (QED) is 0.708. The second kappa shape index (κ2) is 6.78. The molecule has 126 valence electrons. The molecule has 1 fully saturated rings. The first kappa shape index (κ1) is 16.0. The number of benzene rings is 1. The summed E-state index contributed by atoms with van der Waals surface area (Å²) in [7, 11) is 0. The fourth-order valence-corrected chi connectivity index (χ4v) is 3.12. The van der Waals surface area contributed by atoms with E-state index in [1.54, 1.807) is 29.4 Å². The summed E-state index contributed by atoms with van der Waals surface area (Å²) in [5.41, 5.74) is 3.22. The van der Waals surface area contributed by atoms with Crippen LogP contribution in [0.2, 0.25) is 5.02 Å². The van der Waals surface area contributed by atoms with Crippen molar-refractivity contribution in [3.63, 3.8) is 0 Å². The van der Waals surface area contributed by atoms with Crippen molar-refractivity contribution in [1.82, 2.24) is 14.9 Å². The van der Waals surface area contributed by atoms with E-state index in [2.05, 4.69) is 9.97 Å². The van der Waals surface area contributed by atoms with E-state index in [9.17, 15) is 4.79 Å². The van der Waals surface area contributed by atoms with Gasteiger partial charge in [0, 0.05) is 36.4 Å². The lowest BCUT2D eigenvalue weighted by Crippen LogP contribution is -2.41. The zero-order valence-corrected chi connectivity index (χ0v) is 14.2. The van der Waals surface area contributed by atoms with E-state index in [-0.39, 0.29) is 5.91 Å². The number of carbonyl (C=O) groups excluding carboxylic acids is 1. The van der Waals surface area contributed by atoms with E-state index in [0.29, 0.717) is 37.0 Å². The molecule has 0 spiro atoms. The minimum atomic E-state index is -0.0550. The number of ether oxygens (including phenoxy) is 1. The fraction of sp³-hybridized carbons (Fsp3) is 0.211. The molecule has 4 rings (SSSR count). The highest BCUT2D eigenvalue weighted by Crippen LogP contribution is 2.27. The van der Waals surface area contributed by atoms with Gasteiger partial charge in [-0.1, -0.05) is 23.7 Å². The zero-order valence-electron chi connectivity index (χ0n) is 13.5. The summed E-state index contributed by atoms with van der Waals surface area (Å²) in [4.78, 5) is 22.9. The van der Waals surface area contributed by atoms with Crippen LogP contribution in [0.4, 0.5) is 0 Å². The molecule has 0 saturated carbocycles. The molecule has 3 aromatic rings. The highest BCUT2D eigenvalue weighted by atomic mass is 35.5. The number of hydrogen-bond donors (Lipinski definition) is 0. The molecule has 1 saturated heterocycles. The fourth-order valence-electron chi connectivity index (χ4n) is 2.91. The van der Waals surface area contributed by atoms with E-state index >= 15 is 0 Å². The molecule has 0 atom stereocenters. The van der Waals surface area contributed by atoms with E-state index < -0.39 is 0 Å². The molecule has 1 amide bonds. The third-order valence-corrected chi connectivity index (χ3v) is 4.63. The summed E-state index contributed by atoms with van der Waals surface area (Å²) in [5, 5.41) is 1.56. The molecule has 2 aromatic heterocycles. The van der Waals surface area contributed by atoms with Gasteiger partial charge in [0.25, 0.3) is 5.91 Å². The number of carbonyl (C=O) groups is 1. The Morgan fingerprint density at radius 2 is 1.84 bits per heavy atom. The highest BCUT2D eigenvalue weighted by molar-refractivity contribution is 6.35. The SMILES string of the molecule is O=C(c1ccc(-c2ccc3nccc(Cl)c3c2)cn1)N1CCOCC1. The first-order valence-corrected chi connectivity index (χ1v) is 8.48. The molecule has 3 heterocycles. The van der Waals surface area contributed by atoms with Gasteiger partial charge >= 0.3 is 0 Å². The van der Waals surface area contributed by atoms with E-state index in [0.717, 1.165) is 22.0 Å². The maximum absolute atomic E-state index is 12.4. The second-order valence-corrected chi connectivity index (χ2v) is 6.27. The van der Waals surface area contributed by atoms with Crippen molar-refractivity contribution in [2.45, 2.75) is 0 Å². The lowest BCUT2D eigenvalue weighted by atomic mass is 10.0. The van der Waals surface area contributed by atoms with Crippen molar-refractivity contribution < 1.29 is 9.53 Å². The molecule has 0 unspecified atom stereocenters. The van der Waals surface area contributed by atoms with Crippen LogP contribution in [0.5, 0.6) is 0 Å². The summed E-state index contributed by atoms with van der Waals surface area (Å²) in [5.74, 6) is -0.0550. The number of rotatable bonds is 2. The van der Waals surface area contributed by atoms with Gasteiger partial charge in [-0.2, -0.15) is 0 Å². The van der Waals surface area contributed by atoms with Crippen molar-refractivity contribution in [3.05, 3.63) is 59.5 Å². The lowest BCUT2D eigenvalue weighted by molar-refractivity contribution is 0.0299. The Morgan fingerprint density at radius 1 is 1.04 bits per heavy atom. The van der Waals surface area contributed by atoms with Crippen LogP contribution in [0.25, 0.3) is 22.0 Å². The van der Waals surface area contributed by atoms with Crippen LogP contribution in [0.15, 0.2) is 48.8 Å². The highest BCUT2D eigenvalue weighted by Gasteiger charge is 2.19. The molecule has 0 N–H and O–H groups in total. The number of pyridine rings is 2. The van der Waals surface area contributed by atoms with Crippen LogP contribution in [-0.2, 0) is 4.74 Å². The second-order valence-electron chi connectivity index (χ2n) is 5.86. The smallest absolute Gasteiger partial charge is 0.272 e. The number of halogens is 1. The largest absolute Gasteiger partial charge is 0.378 e. The van der Waals surface area contributed by atoms with Crippen molar-refractivity contribution in [2.75, 3.05) is 26.3 Å². The van der Waals surface area contributed by atoms with Crippen molar-refractivity contribution in [2.24, 2.45) is 0 Å². The normalized spacial score (nSPS) is 14.7. The first-order chi connectivity index (χ1) is 12.2. The van der Waals surface area contributed by atoms with Crippen molar-refractivity contribution in [3.8, 4) is 11.1 Å². The maximum atomic E-state index is 12.4. The number of fused-ring (bicyclic) bond motifs is 1. The minimum absolute atomic E-state index is 0.0550. The third-order valence-electron chi connectivity index (χ3n) is 4.30. The maximum Gasteiger partial charge on any atom is 0.272 e. The predicted molar refractivity (Wildman–Crippen MR) is 96.7 cm³/mol.